The lowest BCUT2D eigenvalue weighted by Crippen LogP contribution is -2.58. The molecule has 1 aromatic rings. The van der Waals surface area contributed by atoms with Gasteiger partial charge in [-0.2, -0.15) is 8.78 Å². The zero-order valence-electron chi connectivity index (χ0n) is 24.1. The number of ketones is 1. The van der Waals surface area contributed by atoms with Crippen LogP contribution in [0.5, 0.6) is 0 Å². The van der Waals surface area contributed by atoms with Gasteiger partial charge in [-0.05, 0) is 36.2 Å². The van der Waals surface area contributed by atoms with Gasteiger partial charge in [-0.15, -0.1) is 0 Å². The van der Waals surface area contributed by atoms with Gasteiger partial charge in [0.05, 0.1) is 6.04 Å². The van der Waals surface area contributed by atoms with E-state index in [2.05, 4.69) is 16.0 Å². The van der Waals surface area contributed by atoms with Crippen molar-refractivity contribution < 1.29 is 32.7 Å². The van der Waals surface area contributed by atoms with Gasteiger partial charge in [0, 0.05) is 6.54 Å². The molecule has 3 amide bonds. The lowest BCUT2D eigenvalue weighted by atomic mass is 9.83. The summed E-state index contributed by atoms with van der Waals surface area (Å²) in [6.45, 7) is 7.37. The Morgan fingerprint density at radius 3 is 2.23 bits per heavy atom. The summed E-state index contributed by atoms with van der Waals surface area (Å²) in [6, 6.07) is 6.31. The molecule has 2 rings (SSSR count). The normalized spacial score (nSPS) is 16.5. The fourth-order valence-corrected chi connectivity index (χ4v) is 4.72. The zero-order chi connectivity index (χ0) is 29.7. The highest BCUT2D eigenvalue weighted by Gasteiger charge is 2.51. The summed E-state index contributed by atoms with van der Waals surface area (Å²) in [5.41, 5.74) is 0.759. The van der Waals surface area contributed by atoms with Crippen LogP contribution in [0.2, 0.25) is 0 Å². The van der Waals surface area contributed by atoms with Crippen LogP contribution in [0.25, 0.3) is 0 Å². The van der Waals surface area contributed by atoms with Crippen LogP contribution in [0.3, 0.4) is 0 Å². The zero-order valence-corrected chi connectivity index (χ0v) is 24.1. The van der Waals surface area contributed by atoms with Gasteiger partial charge in [-0.1, -0.05) is 96.6 Å². The number of alkyl carbamates (subject to hydrolysis) is 1. The summed E-state index contributed by atoms with van der Waals surface area (Å²) >= 11 is 0. The number of benzene rings is 1. The smallest absolute Gasteiger partial charge is 0.408 e. The van der Waals surface area contributed by atoms with Crippen LogP contribution in [-0.2, 0) is 25.7 Å². The Kier molecular flexibility index (Phi) is 13.5. The molecular weight excluding hydrogens is 520 g/mol. The Morgan fingerprint density at radius 1 is 0.975 bits per heavy atom. The Labute approximate surface area is 236 Å². The van der Waals surface area contributed by atoms with Gasteiger partial charge in [-0.3, -0.25) is 14.4 Å². The van der Waals surface area contributed by atoms with Crippen molar-refractivity contribution >= 4 is 23.7 Å². The maximum absolute atomic E-state index is 15.1. The molecule has 0 aromatic heterocycles. The largest absolute Gasteiger partial charge is 0.445 e. The van der Waals surface area contributed by atoms with E-state index in [1.165, 1.54) is 0 Å². The molecule has 0 aliphatic heterocycles. The number of nitrogens with one attached hydrogen (secondary N) is 3. The molecule has 3 atom stereocenters. The summed E-state index contributed by atoms with van der Waals surface area (Å²) in [5, 5.41) is 7.16. The molecular formula is C30H45F2N3O5. The number of rotatable bonds is 15. The topological polar surface area (TPSA) is 114 Å². The number of carbonyl (C=O) groups is 4. The average Bonchev–Trinajstić information content (AvgIpc) is 2.94. The standard InChI is InChI=1S/C30H45F2N3O5/c1-5-21(4)18-33-28(38)30(31,32)26(36)24(17-22-12-8-6-9-13-22)34-27(37)25(16-20(2)3)35-29(39)40-19-23-14-10-7-11-15-23/h7,10-11,14-15,20-22,24-25H,5-6,8-9,12-13,16-19H2,1-4H3,(H,33,38)(H,34,37)(H,35,39)/t21?,24?,25-/m0/s1. The Balaban J connectivity index is 2.16. The predicted molar refractivity (Wildman–Crippen MR) is 149 cm³/mol. The molecule has 0 saturated heterocycles. The van der Waals surface area contributed by atoms with Crippen LogP contribution in [0.4, 0.5) is 13.6 Å². The third-order valence-electron chi connectivity index (χ3n) is 7.36. The van der Waals surface area contributed by atoms with E-state index in [1.54, 1.807) is 31.2 Å². The molecule has 10 heteroatoms. The minimum atomic E-state index is -4.31. The number of halogens is 2. The van der Waals surface area contributed by atoms with Crippen molar-refractivity contribution in [2.75, 3.05) is 6.54 Å². The molecule has 224 valence electrons. The third-order valence-corrected chi connectivity index (χ3v) is 7.36. The highest BCUT2D eigenvalue weighted by molar-refractivity contribution is 6.10. The number of amides is 3. The molecule has 1 aliphatic carbocycles. The van der Waals surface area contributed by atoms with Crippen molar-refractivity contribution in [1.29, 1.82) is 0 Å². The first-order chi connectivity index (χ1) is 18.9. The number of hydrogen-bond donors (Lipinski definition) is 3. The van der Waals surface area contributed by atoms with Crippen LogP contribution in [-0.4, -0.2) is 48.2 Å². The highest BCUT2D eigenvalue weighted by Crippen LogP contribution is 2.29. The fraction of sp³-hybridized carbons (Fsp3) is 0.667. The van der Waals surface area contributed by atoms with E-state index in [1.807, 2.05) is 26.8 Å². The maximum atomic E-state index is 15.1. The lowest BCUT2D eigenvalue weighted by molar-refractivity contribution is -0.160. The van der Waals surface area contributed by atoms with Crippen molar-refractivity contribution in [3.63, 3.8) is 0 Å². The number of alkyl halides is 2. The summed E-state index contributed by atoms with van der Waals surface area (Å²) in [6.07, 6.45) is 4.41. The first kappa shape index (κ1) is 33.2. The average molecular weight is 566 g/mol. The molecule has 0 spiro atoms. The van der Waals surface area contributed by atoms with E-state index >= 15 is 8.78 Å². The first-order valence-corrected chi connectivity index (χ1v) is 14.4. The molecule has 1 aliphatic rings. The number of hydrogen-bond acceptors (Lipinski definition) is 5. The maximum Gasteiger partial charge on any atom is 0.408 e. The fourth-order valence-electron chi connectivity index (χ4n) is 4.72. The monoisotopic (exact) mass is 565 g/mol. The molecule has 1 saturated carbocycles. The Hall–Kier alpha value is -3.04. The van der Waals surface area contributed by atoms with Crippen LogP contribution in [0, 0.1) is 17.8 Å². The van der Waals surface area contributed by atoms with Crippen LogP contribution in [0.15, 0.2) is 30.3 Å². The van der Waals surface area contributed by atoms with Gasteiger partial charge < -0.3 is 20.7 Å². The van der Waals surface area contributed by atoms with Crippen molar-refractivity contribution in [2.24, 2.45) is 17.8 Å². The molecule has 0 radical (unpaired) electrons. The Morgan fingerprint density at radius 2 is 1.62 bits per heavy atom. The van der Waals surface area contributed by atoms with Crippen molar-refractivity contribution in [3.8, 4) is 0 Å². The first-order valence-electron chi connectivity index (χ1n) is 14.4. The summed E-state index contributed by atoms with van der Waals surface area (Å²) in [5.74, 6) is -8.48. The van der Waals surface area contributed by atoms with Gasteiger partial charge in [0.2, 0.25) is 11.7 Å². The molecule has 8 nitrogen and oxygen atoms in total. The summed E-state index contributed by atoms with van der Waals surface area (Å²) < 4.78 is 35.4. The Bertz CT molecular complexity index is 967. The number of carbonyl (C=O) groups excluding carboxylic acids is 4. The predicted octanol–water partition coefficient (Wildman–Crippen LogP) is 5.15. The second-order valence-electron chi connectivity index (χ2n) is 11.4. The van der Waals surface area contributed by atoms with E-state index in [9.17, 15) is 19.2 Å². The van der Waals surface area contributed by atoms with Gasteiger partial charge in [0.1, 0.15) is 12.6 Å². The van der Waals surface area contributed by atoms with Gasteiger partial charge in [-0.25, -0.2) is 4.79 Å². The van der Waals surface area contributed by atoms with E-state index < -0.39 is 41.7 Å². The van der Waals surface area contributed by atoms with E-state index in [-0.39, 0.29) is 43.7 Å². The molecule has 40 heavy (non-hydrogen) atoms. The minimum Gasteiger partial charge on any atom is -0.445 e. The van der Waals surface area contributed by atoms with E-state index in [0.29, 0.717) is 6.42 Å². The van der Waals surface area contributed by atoms with Gasteiger partial charge in [0.25, 0.3) is 5.91 Å². The lowest BCUT2D eigenvalue weighted by Gasteiger charge is -2.30. The molecule has 3 N–H and O–H groups in total. The van der Waals surface area contributed by atoms with Crippen LogP contribution in [0.1, 0.15) is 84.6 Å². The quantitative estimate of drug-likeness (QED) is 0.255. The SMILES string of the molecule is CCC(C)CNC(=O)C(F)(F)C(=O)C(CC1CCCCC1)NC(=O)[C@H](CC(C)C)NC(=O)OCc1ccccc1. The highest BCUT2D eigenvalue weighted by atomic mass is 19.3. The summed E-state index contributed by atoms with van der Waals surface area (Å²) in [7, 11) is 0. The van der Waals surface area contributed by atoms with Gasteiger partial charge >= 0.3 is 12.0 Å². The molecule has 1 fully saturated rings. The summed E-state index contributed by atoms with van der Waals surface area (Å²) in [4.78, 5) is 51.3. The van der Waals surface area contributed by atoms with Crippen LogP contribution >= 0.6 is 0 Å². The van der Waals surface area contributed by atoms with Crippen molar-refractivity contribution in [2.45, 2.75) is 104 Å². The molecule has 0 heterocycles. The third kappa shape index (κ3) is 10.8. The molecule has 0 bridgehead atoms. The minimum absolute atomic E-state index is 0.00561. The second-order valence-corrected chi connectivity index (χ2v) is 11.4. The van der Waals surface area contributed by atoms with Gasteiger partial charge in [0.15, 0.2) is 0 Å². The van der Waals surface area contributed by atoms with Crippen molar-refractivity contribution in [3.05, 3.63) is 35.9 Å². The molecule has 2 unspecified atom stereocenters. The molecule has 1 aromatic carbocycles. The number of ether oxygens (including phenoxy) is 1. The van der Waals surface area contributed by atoms with E-state index in [4.69, 9.17) is 4.74 Å². The number of Topliss-reactive ketones (excluding diaryl/α,β-unsaturated/α-hetero) is 1. The second kappa shape index (κ2) is 16.3. The van der Waals surface area contributed by atoms with Crippen LogP contribution < -0.4 is 16.0 Å². The van der Waals surface area contributed by atoms with Crippen molar-refractivity contribution in [1.82, 2.24) is 16.0 Å². The van der Waals surface area contributed by atoms with E-state index in [0.717, 1.165) is 37.7 Å².